The minimum atomic E-state index is -4.50. The van der Waals surface area contributed by atoms with Crippen LogP contribution in [0.1, 0.15) is 24.5 Å². The van der Waals surface area contributed by atoms with Gasteiger partial charge in [-0.15, -0.1) is 11.3 Å². The second-order valence-electron chi connectivity index (χ2n) is 7.11. The Morgan fingerprint density at radius 3 is 2.53 bits per heavy atom. The zero-order valence-corrected chi connectivity index (χ0v) is 16.6. The zero-order chi connectivity index (χ0) is 21.5. The molecule has 0 saturated carbocycles. The Labute approximate surface area is 172 Å². The van der Waals surface area contributed by atoms with Crippen molar-refractivity contribution in [2.75, 3.05) is 18.0 Å². The van der Waals surface area contributed by atoms with Gasteiger partial charge in [-0.05, 0) is 24.5 Å². The van der Waals surface area contributed by atoms with Crippen LogP contribution in [0, 0.1) is 0 Å². The van der Waals surface area contributed by atoms with Crippen LogP contribution >= 0.6 is 11.3 Å². The third-order valence-corrected chi connectivity index (χ3v) is 6.06. The number of hydrogen-bond acceptors (Lipinski definition) is 8. The number of anilines is 1. The maximum Gasteiger partial charge on any atom is 0.418 e. The van der Waals surface area contributed by atoms with Crippen LogP contribution in [-0.4, -0.2) is 41.3 Å². The standard InChI is InChI=1S/C18H17F3N4OS.CO2/c1-2-9-5-12(16-22-3-4-27-16)15-14(13(9)18(19,20)21)24-17(26-15)25-7-10-6-11(8-25)23-10;2-1-3/h3-5,10-11,23H,2,6-8H2,1H3;. The Morgan fingerprint density at radius 1 is 1.33 bits per heavy atom. The first-order valence-corrected chi connectivity index (χ1v) is 10.2. The average Bonchev–Trinajstić information content (AvgIpc) is 3.36. The summed E-state index contributed by atoms with van der Waals surface area (Å²) >= 11 is 1.37. The minimum Gasteiger partial charge on any atom is -0.423 e. The molecule has 11 heteroatoms. The van der Waals surface area contributed by atoms with Crippen LogP contribution in [0.25, 0.3) is 21.7 Å². The summed E-state index contributed by atoms with van der Waals surface area (Å²) in [7, 11) is 0. The number of carbonyl (C=O) groups excluding carboxylic acids is 2. The molecule has 3 aliphatic heterocycles. The topological polar surface area (TPSA) is 88.3 Å². The molecule has 0 amide bonds. The fourth-order valence-corrected chi connectivity index (χ4v) is 4.69. The molecule has 0 spiro atoms. The predicted molar refractivity (Wildman–Crippen MR) is 102 cm³/mol. The van der Waals surface area contributed by atoms with Crippen molar-refractivity contribution in [1.29, 1.82) is 0 Å². The van der Waals surface area contributed by atoms with E-state index in [2.05, 4.69) is 15.3 Å². The van der Waals surface area contributed by atoms with Crippen molar-refractivity contribution in [2.45, 2.75) is 38.0 Å². The summed E-state index contributed by atoms with van der Waals surface area (Å²) in [6.07, 6.45) is -1.26. The highest BCUT2D eigenvalue weighted by molar-refractivity contribution is 7.13. The SMILES string of the molecule is CCc1cc(-c2nccs2)c2oc(N3CC4CC(C3)N4)nc2c1C(F)(F)F.O=C=O. The number of rotatable bonds is 3. The first-order chi connectivity index (χ1) is 14.4. The molecule has 2 aromatic heterocycles. The summed E-state index contributed by atoms with van der Waals surface area (Å²) in [5.74, 6) is 0. The molecule has 3 fully saturated rings. The number of nitrogens with zero attached hydrogens (tertiary/aromatic N) is 3. The lowest BCUT2D eigenvalue weighted by Gasteiger charge is -2.47. The first kappa shape index (κ1) is 20.5. The van der Waals surface area contributed by atoms with E-state index in [1.54, 1.807) is 24.6 Å². The zero-order valence-electron chi connectivity index (χ0n) is 15.8. The van der Waals surface area contributed by atoms with Crippen molar-refractivity contribution in [1.82, 2.24) is 15.3 Å². The van der Waals surface area contributed by atoms with Crippen molar-refractivity contribution < 1.29 is 27.2 Å². The Morgan fingerprint density at radius 2 is 2.00 bits per heavy atom. The lowest BCUT2D eigenvalue weighted by molar-refractivity contribution is -0.191. The number of nitrogens with one attached hydrogen (secondary N) is 1. The van der Waals surface area contributed by atoms with Crippen LogP contribution in [0.3, 0.4) is 0 Å². The van der Waals surface area contributed by atoms with Gasteiger partial charge in [0.2, 0.25) is 0 Å². The van der Waals surface area contributed by atoms with E-state index >= 15 is 0 Å². The molecule has 1 N–H and O–H groups in total. The lowest BCUT2D eigenvalue weighted by atomic mass is 9.92. The van der Waals surface area contributed by atoms with E-state index in [4.69, 9.17) is 14.0 Å². The normalized spacial score (nSPS) is 20.3. The van der Waals surface area contributed by atoms with E-state index in [9.17, 15) is 13.2 Å². The lowest BCUT2D eigenvalue weighted by Crippen LogP contribution is -2.67. The van der Waals surface area contributed by atoms with Gasteiger partial charge in [-0.2, -0.15) is 27.7 Å². The summed E-state index contributed by atoms with van der Waals surface area (Å²) in [5, 5.41) is 5.83. The van der Waals surface area contributed by atoms with Gasteiger partial charge in [0.1, 0.15) is 10.5 Å². The summed E-state index contributed by atoms with van der Waals surface area (Å²) in [5.41, 5.74) is 0.133. The Bertz CT molecular complexity index is 1070. The molecule has 0 radical (unpaired) electrons. The number of aryl methyl sites for hydroxylation is 1. The Kier molecular flexibility index (Phi) is 5.35. The fourth-order valence-electron chi connectivity index (χ4n) is 4.04. The Balaban J connectivity index is 0.000000687. The van der Waals surface area contributed by atoms with Crippen LogP contribution in [0.15, 0.2) is 22.1 Å². The molecule has 7 nitrogen and oxygen atoms in total. The molecular weight excluding hydrogens is 421 g/mol. The molecule has 3 saturated heterocycles. The van der Waals surface area contributed by atoms with Gasteiger partial charge in [-0.25, -0.2) is 4.98 Å². The summed E-state index contributed by atoms with van der Waals surface area (Å²) in [4.78, 5) is 26.8. The summed E-state index contributed by atoms with van der Waals surface area (Å²) in [6.45, 7) is 3.10. The number of benzene rings is 1. The van der Waals surface area contributed by atoms with Crippen molar-refractivity contribution in [3.8, 4) is 10.6 Å². The van der Waals surface area contributed by atoms with Crippen molar-refractivity contribution in [3.05, 3.63) is 28.8 Å². The smallest absolute Gasteiger partial charge is 0.418 e. The van der Waals surface area contributed by atoms with Crippen molar-refractivity contribution >= 4 is 34.6 Å². The molecule has 0 aliphatic carbocycles. The molecule has 6 rings (SSSR count). The summed E-state index contributed by atoms with van der Waals surface area (Å²) in [6, 6.07) is 2.52. The molecule has 30 heavy (non-hydrogen) atoms. The number of aromatic nitrogens is 2. The number of alkyl halides is 3. The number of fused-ring (bicyclic) bond motifs is 3. The van der Waals surface area contributed by atoms with E-state index in [-0.39, 0.29) is 35.3 Å². The number of halogens is 3. The van der Waals surface area contributed by atoms with Gasteiger partial charge in [-0.3, -0.25) is 0 Å². The third-order valence-electron chi connectivity index (χ3n) is 5.26. The quantitative estimate of drug-likeness (QED) is 0.670. The van der Waals surface area contributed by atoms with E-state index in [1.165, 1.54) is 11.3 Å². The second kappa shape index (κ2) is 7.82. The molecule has 1 aromatic carbocycles. The van der Waals surface area contributed by atoms with E-state index in [1.807, 2.05) is 4.90 Å². The molecule has 3 aromatic rings. The third kappa shape index (κ3) is 3.60. The minimum absolute atomic E-state index is 0.116. The number of piperidine rings is 1. The monoisotopic (exact) mass is 438 g/mol. The van der Waals surface area contributed by atoms with E-state index in [0.717, 1.165) is 6.42 Å². The predicted octanol–water partition coefficient (Wildman–Crippen LogP) is 3.50. The van der Waals surface area contributed by atoms with Gasteiger partial charge in [0.15, 0.2) is 5.58 Å². The highest BCUT2D eigenvalue weighted by Gasteiger charge is 2.41. The van der Waals surface area contributed by atoms with Gasteiger partial charge in [0, 0.05) is 36.8 Å². The highest BCUT2D eigenvalue weighted by Crippen LogP contribution is 2.43. The number of hydrogen-bond donors (Lipinski definition) is 1. The van der Waals surface area contributed by atoms with Crippen LogP contribution in [-0.2, 0) is 22.2 Å². The van der Waals surface area contributed by atoms with E-state index in [0.29, 0.717) is 35.7 Å². The number of thiazole rings is 1. The first-order valence-electron chi connectivity index (χ1n) is 9.29. The maximum absolute atomic E-state index is 13.8. The van der Waals surface area contributed by atoms with Crippen molar-refractivity contribution in [2.24, 2.45) is 0 Å². The van der Waals surface area contributed by atoms with Crippen LogP contribution in [0.2, 0.25) is 0 Å². The Hall–Kier alpha value is -2.75. The highest BCUT2D eigenvalue weighted by atomic mass is 32.1. The molecule has 5 heterocycles. The van der Waals surface area contributed by atoms with Gasteiger partial charge in [0.25, 0.3) is 6.01 Å². The largest absolute Gasteiger partial charge is 0.423 e. The molecule has 158 valence electrons. The molecule has 2 unspecified atom stereocenters. The van der Waals surface area contributed by atoms with Crippen LogP contribution in [0.4, 0.5) is 19.2 Å². The van der Waals surface area contributed by atoms with E-state index < -0.39 is 11.7 Å². The summed E-state index contributed by atoms with van der Waals surface area (Å²) < 4.78 is 47.4. The van der Waals surface area contributed by atoms with Crippen molar-refractivity contribution in [3.63, 3.8) is 0 Å². The molecule has 2 bridgehead atoms. The van der Waals surface area contributed by atoms with Gasteiger partial charge < -0.3 is 14.6 Å². The maximum atomic E-state index is 13.8. The van der Waals surface area contributed by atoms with Crippen LogP contribution in [0.5, 0.6) is 0 Å². The van der Waals surface area contributed by atoms with Gasteiger partial charge >= 0.3 is 12.3 Å². The van der Waals surface area contributed by atoms with Crippen LogP contribution < -0.4 is 10.2 Å². The number of piperazine rings is 1. The number of oxazole rings is 1. The van der Waals surface area contributed by atoms with Gasteiger partial charge in [-0.1, -0.05) is 6.92 Å². The molecular formula is C19H17F3N4O3S. The average molecular weight is 438 g/mol. The second-order valence-corrected chi connectivity index (χ2v) is 8.00. The molecule has 3 aliphatic rings. The molecule has 2 atom stereocenters. The fraction of sp³-hybridized carbons (Fsp3) is 0.421. The van der Waals surface area contributed by atoms with Gasteiger partial charge in [0.05, 0.1) is 11.1 Å².